The Morgan fingerprint density at radius 2 is 1.39 bits per heavy atom. The monoisotopic (exact) mass is 366 g/mol. The van der Waals surface area contributed by atoms with Crippen LogP contribution in [0.25, 0.3) is 27.9 Å². The maximum absolute atomic E-state index is 11.2. The molecule has 5 rings (SSSR count). The molecule has 0 atom stereocenters. The average molecular weight is 366 g/mol. The Labute approximate surface area is 162 Å². The number of hydrogen-bond acceptors (Lipinski definition) is 2. The lowest BCUT2D eigenvalue weighted by molar-refractivity contribution is -0.119. The van der Waals surface area contributed by atoms with Crippen molar-refractivity contribution in [1.82, 2.24) is 4.98 Å². The number of nitrogens with one attached hydrogen (secondary N) is 1. The van der Waals surface area contributed by atoms with Crippen LogP contribution in [0.4, 0.5) is 5.69 Å². The van der Waals surface area contributed by atoms with Crippen molar-refractivity contribution in [2.45, 2.75) is 0 Å². The number of carbonyl (C=O) groups excluding carboxylic acids is 2. The minimum Gasteiger partial charge on any atom is -0.354 e. The fraction of sp³-hybridized carbons (Fsp3) is 0. The molecule has 0 spiro atoms. The Morgan fingerprint density at radius 3 is 2.11 bits per heavy atom. The molecule has 136 valence electrons. The summed E-state index contributed by atoms with van der Waals surface area (Å²) < 4.78 is 0. The van der Waals surface area contributed by atoms with Crippen molar-refractivity contribution in [3.05, 3.63) is 97.1 Å². The minimum absolute atomic E-state index is 0.281. The SMILES string of the molecule is C=Cc1cccc2c1[nH]c1ccccc12.O=C1C=CC(=O)N1c1ccccc1. The highest BCUT2D eigenvalue weighted by Crippen LogP contribution is 2.27. The van der Waals surface area contributed by atoms with Gasteiger partial charge >= 0.3 is 0 Å². The predicted octanol–water partition coefficient (Wildman–Crippen LogP) is 5.08. The van der Waals surface area contributed by atoms with Gasteiger partial charge in [-0.15, -0.1) is 0 Å². The number of H-pyrrole nitrogens is 1. The number of nitrogens with zero attached hydrogens (tertiary/aromatic N) is 1. The van der Waals surface area contributed by atoms with Gasteiger partial charge < -0.3 is 4.98 Å². The maximum atomic E-state index is 11.2. The van der Waals surface area contributed by atoms with Crippen LogP contribution in [-0.4, -0.2) is 16.8 Å². The van der Waals surface area contributed by atoms with Crippen molar-refractivity contribution < 1.29 is 9.59 Å². The molecule has 0 bridgehead atoms. The zero-order valence-electron chi connectivity index (χ0n) is 15.1. The van der Waals surface area contributed by atoms with Crippen molar-refractivity contribution in [1.29, 1.82) is 0 Å². The van der Waals surface area contributed by atoms with Gasteiger partial charge in [0.1, 0.15) is 0 Å². The van der Waals surface area contributed by atoms with E-state index >= 15 is 0 Å². The third-order valence-corrected chi connectivity index (χ3v) is 4.62. The van der Waals surface area contributed by atoms with Crippen molar-refractivity contribution in [2.24, 2.45) is 0 Å². The molecular formula is C24H18N2O2. The number of benzene rings is 3. The summed E-state index contributed by atoms with van der Waals surface area (Å²) in [6, 6.07) is 23.5. The third kappa shape index (κ3) is 3.12. The van der Waals surface area contributed by atoms with Gasteiger partial charge in [0.15, 0.2) is 0 Å². The predicted molar refractivity (Wildman–Crippen MR) is 114 cm³/mol. The fourth-order valence-electron chi connectivity index (χ4n) is 3.30. The number of aromatic amines is 1. The number of imide groups is 1. The molecule has 0 aliphatic carbocycles. The summed E-state index contributed by atoms with van der Waals surface area (Å²) in [6.07, 6.45) is 4.43. The quantitative estimate of drug-likeness (QED) is 0.503. The highest BCUT2D eigenvalue weighted by Gasteiger charge is 2.24. The van der Waals surface area contributed by atoms with Crippen molar-refractivity contribution in [3.8, 4) is 0 Å². The molecule has 0 unspecified atom stereocenters. The summed E-state index contributed by atoms with van der Waals surface area (Å²) in [5.74, 6) is -0.563. The van der Waals surface area contributed by atoms with Gasteiger partial charge in [-0.3, -0.25) is 9.59 Å². The van der Waals surface area contributed by atoms with E-state index in [1.165, 1.54) is 34.0 Å². The van der Waals surface area contributed by atoms with E-state index in [-0.39, 0.29) is 11.8 Å². The first-order valence-corrected chi connectivity index (χ1v) is 8.92. The summed E-state index contributed by atoms with van der Waals surface area (Å²) in [6.45, 7) is 3.83. The van der Waals surface area contributed by atoms with Gasteiger partial charge in [0.05, 0.1) is 11.2 Å². The van der Waals surface area contributed by atoms with Gasteiger partial charge in [-0.25, -0.2) is 4.90 Å². The third-order valence-electron chi connectivity index (χ3n) is 4.62. The van der Waals surface area contributed by atoms with Gasteiger partial charge in [0, 0.05) is 28.4 Å². The molecular weight excluding hydrogens is 348 g/mol. The molecule has 2 heterocycles. The van der Waals surface area contributed by atoms with Crippen molar-refractivity contribution in [2.75, 3.05) is 4.90 Å². The molecule has 0 radical (unpaired) electrons. The first kappa shape index (κ1) is 17.5. The maximum Gasteiger partial charge on any atom is 0.258 e. The summed E-state index contributed by atoms with van der Waals surface area (Å²) in [4.78, 5) is 27.0. The zero-order chi connectivity index (χ0) is 19.5. The molecule has 4 nitrogen and oxygen atoms in total. The van der Waals surface area contributed by atoms with Crippen LogP contribution in [0.15, 0.2) is 91.5 Å². The van der Waals surface area contributed by atoms with Crippen LogP contribution in [0, 0.1) is 0 Å². The van der Waals surface area contributed by atoms with Crippen LogP contribution >= 0.6 is 0 Å². The summed E-state index contributed by atoms with van der Waals surface area (Å²) in [7, 11) is 0. The highest BCUT2D eigenvalue weighted by atomic mass is 16.2. The fourth-order valence-corrected chi connectivity index (χ4v) is 3.30. The molecule has 0 saturated carbocycles. The standard InChI is InChI=1S/C14H11N.C10H7NO2/c1-2-10-6-5-8-12-11-7-3-4-9-13(11)15-14(10)12;12-9-6-7-10(13)11(9)8-4-2-1-3-5-8/h2-9,15H,1H2;1-7H. The second-order valence-corrected chi connectivity index (χ2v) is 6.33. The van der Waals surface area contributed by atoms with E-state index < -0.39 is 0 Å². The Hall–Kier alpha value is -3.92. The number of para-hydroxylation sites is 3. The smallest absolute Gasteiger partial charge is 0.258 e. The highest BCUT2D eigenvalue weighted by molar-refractivity contribution is 6.28. The molecule has 0 saturated heterocycles. The first-order valence-electron chi connectivity index (χ1n) is 8.92. The number of amides is 2. The van der Waals surface area contributed by atoms with E-state index in [1.54, 1.807) is 24.3 Å². The molecule has 1 aliphatic rings. The van der Waals surface area contributed by atoms with E-state index in [0.29, 0.717) is 5.69 Å². The summed E-state index contributed by atoms with van der Waals surface area (Å²) in [5.41, 5.74) is 4.13. The summed E-state index contributed by atoms with van der Waals surface area (Å²) in [5, 5.41) is 2.54. The Kier molecular flexibility index (Phi) is 4.60. The minimum atomic E-state index is -0.281. The van der Waals surface area contributed by atoms with E-state index in [2.05, 4.69) is 48.0 Å². The zero-order valence-corrected chi connectivity index (χ0v) is 15.1. The molecule has 1 N–H and O–H groups in total. The Bertz CT molecular complexity index is 1200. The van der Waals surface area contributed by atoms with Crippen LogP contribution in [0.3, 0.4) is 0 Å². The topological polar surface area (TPSA) is 53.2 Å². The molecule has 1 aliphatic heterocycles. The van der Waals surface area contributed by atoms with E-state index in [9.17, 15) is 9.59 Å². The number of fused-ring (bicyclic) bond motifs is 3. The normalized spacial score (nSPS) is 13.1. The Balaban J connectivity index is 0.000000139. The largest absolute Gasteiger partial charge is 0.354 e. The van der Waals surface area contributed by atoms with E-state index in [0.717, 1.165) is 10.5 Å². The van der Waals surface area contributed by atoms with Crippen LogP contribution in [-0.2, 0) is 9.59 Å². The van der Waals surface area contributed by atoms with Gasteiger partial charge in [-0.2, -0.15) is 0 Å². The molecule has 4 aromatic rings. The van der Waals surface area contributed by atoms with Gasteiger partial charge in [-0.1, -0.05) is 67.3 Å². The van der Waals surface area contributed by atoms with Crippen molar-refractivity contribution >= 4 is 45.4 Å². The van der Waals surface area contributed by atoms with Crippen LogP contribution in [0.2, 0.25) is 0 Å². The van der Waals surface area contributed by atoms with Gasteiger partial charge in [0.25, 0.3) is 11.8 Å². The average Bonchev–Trinajstić information content (AvgIpc) is 3.28. The number of hydrogen-bond donors (Lipinski definition) is 1. The summed E-state index contributed by atoms with van der Waals surface area (Å²) >= 11 is 0. The molecule has 28 heavy (non-hydrogen) atoms. The second kappa shape index (κ2) is 7.37. The molecule has 2 amide bonds. The Morgan fingerprint density at radius 1 is 0.750 bits per heavy atom. The van der Waals surface area contributed by atoms with Gasteiger partial charge in [0.2, 0.25) is 0 Å². The van der Waals surface area contributed by atoms with E-state index in [4.69, 9.17) is 0 Å². The van der Waals surface area contributed by atoms with Gasteiger partial charge in [-0.05, 0) is 23.8 Å². The lowest BCUT2D eigenvalue weighted by Crippen LogP contribution is -2.29. The number of aromatic nitrogens is 1. The number of anilines is 1. The molecule has 0 fully saturated rings. The number of carbonyl (C=O) groups is 2. The molecule has 1 aromatic heterocycles. The lowest BCUT2D eigenvalue weighted by atomic mass is 10.1. The van der Waals surface area contributed by atoms with Crippen LogP contribution in [0.5, 0.6) is 0 Å². The van der Waals surface area contributed by atoms with Crippen LogP contribution < -0.4 is 4.90 Å². The molecule has 3 aromatic carbocycles. The number of rotatable bonds is 2. The van der Waals surface area contributed by atoms with Crippen LogP contribution in [0.1, 0.15) is 5.56 Å². The molecule has 4 heteroatoms. The van der Waals surface area contributed by atoms with E-state index in [1.807, 2.05) is 18.2 Å². The lowest BCUT2D eigenvalue weighted by Gasteiger charge is -2.12. The second-order valence-electron chi connectivity index (χ2n) is 6.33. The van der Waals surface area contributed by atoms with Crippen molar-refractivity contribution in [3.63, 3.8) is 0 Å². The first-order chi connectivity index (χ1) is 13.7.